The second-order valence-electron chi connectivity index (χ2n) is 8.42. The molecule has 0 saturated carbocycles. The minimum atomic E-state index is -4.98. The number of esters is 2. The fourth-order valence-corrected chi connectivity index (χ4v) is 3.93. The predicted octanol–water partition coefficient (Wildman–Crippen LogP) is 4.30. The number of methoxy groups -OCH3 is 1. The monoisotopic (exact) mass is 521 g/mol. The Hall–Kier alpha value is -3.86. The van der Waals surface area contributed by atoms with Crippen LogP contribution in [0.15, 0.2) is 71.1 Å². The third-order valence-electron chi connectivity index (χ3n) is 5.79. The van der Waals surface area contributed by atoms with E-state index in [0.717, 1.165) is 19.2 Å². The molecule has 1 N–H and O–H groups in total. The van der Waals surface area contributed by atoms with Crippen molar-refractivity contribution in [1.82, 2.24) is 5.32 Å². The number of dihydropyridines is 1. The van der Waals surface area contributed by atoms with Crippen LogP contribution in [0, 0.1) is 5.82 Å². The van der Waals surface area contributed by atoms with E-state index in [1.807, 2.05) is 0 Å². The average molecular weight is 521 g/mol. The Labute approximate surface area is 209 Å². The molecule has 2 atom stereocenters. The van der Waals surface area contributed by atoms with Crippen LogP contribution in [0.25, 0.3) is 0 Å². The fourth-order valence-electron chi connectivity index (χ4n) is 3.93. The number of alkyl halides is 3. The van der Waals surface area contributed by atoms with Gasteiger partial charge in [-0.2, -0.15) is 13.2 Å². The van der Waals surface area contributed by atoms with E-state index < -0.39 is 41.1 Å². The van der Waals surface area contributed by atoms with Crippen molar-refractivity contribution in [3.05, 3.63) is 88.0 Å². The molecule has 2 unspecified atom stereocenters. The number of allylic oxidation sites excluding steroid dienone is 2. The van der Waals surface area contributed by atoms with Gasteiger partial charge in [-0.05, 0) is 42.3 Å². The maximum atomic E-state index is 14.1. The lowest BCUT2D eigenvalue weighted by Gasteiger charge is -2.32. The highest BCUT2D eigenvalue weighted by Crippen LogP contribution is 2.43. The molecule has 2 heterocycles. The Morgan fingerprint density at radius 3 is 2.38 bits per heavy atom. The van der Waals surface area contributed by atoms with Gasteiger partial charge in [0.1, 0.15) is 36.6 Å². The number of nitrogens with one attached hydrogen (secondary N) is 1. The Bertz CT molecular complexity index is 1250. The fraction of sp³-hybridized carbons (Fsp3) is 0.308. The van der Waals surface area contributed by atoms with Gasteiger partial charge >= 0.3 is 18.1 Å². The molecule has 2 aliphatic heterocycles. The highest BCUT2D eigenvalue weighted by Gasteiger charge is 2.47. The Kier molecular flexibility index (Phi) is 7.53. The number of halogens is 4. The highest BCUT2D eigenvalue weighted by atomic mass is 19.4. The van der Waals surface area contributed by atoms with Crippen molar-refractivity contribution in [2.24, 2.45) is 0 Å². The zero-order chi connectivity index (χ0) is 26.7. The number of hydrogen-bond donors (Lipinski definition) is 1. The first-order valence-electron chi connectivity index (χ1n) is 11.2. The SMILES string of the molecule is COC(=O)C1=C(C(F)(F)F)NC(C)=C(C(=O)OCc2ccc(OCC3CO3)cc2)C1c1cccc(F)c1. The zero-order valence-electron chi connectivity index (χ0n) is 19.9. The molecule has 2 aromatic carbocycles. The molecule has 7 nitrogen and oxygen atoms in total. The van der Waals surface area contributed by atoms with E-state index >= 15 is 0 Å². The summed E-state index contributed by atoms with van der Waals surface area (Å²) in [5.74, 6) is -4.05. The van der Waals surface area contributed by atoms with Crippen molar-refractivity contribution >= 4 is 11.9 Å². The van der Waals surface area contributed by atoms with Gasteiger partial charge in [0, 0.05) is 5.70 Å². The number of hydrogen-bond acceptors (Lipinski definition) is 7. The van der Waals surface area contributed by atoms with Crippen molar-refractivity contribution in [1.29, 1.82) is 0 Å². The van der Waals surface area contributed by atoms with Gasteiger partial charge in [-0.3, -0.25) is 0 Å². The number of carbonyl (C=O) groups excluding carboxylic acids is 2. The van der Waals surface area contributed by atoms with Crippen LogP contribution in [-0.2, 0) is 30.4 Å². The normalized spacial score (nSPS) is 19.3. The highest BCUT2D eigenvalue weighted by molar-refractivity contribution is 6.00. The minimum Gasteiger partial charge on any atom is -0.491 e. The van der Waals surface area contributed by atoms with Gasteiger partial charge < -0.3 is 24.3 Å². The molecule has 37 heavy (non-hydrogen) atoms. The second kappa shape index (κ2) is 10.6. The van der Waals surface area contributed by atoms with Crippen LogP contribution in [0.2, 0.25) is 0 Å². The lowest BCUT2D eigenvalue weighted by molar-refractivity contribution is -0.141. The first-order valence-corrected chi connectivity index (χ1v) is 11.2. The first-order chi connectivity index (χ1) is 17.6. The van der Waals surface area contributed by atoms with Gasteiger partial charge in [-0.25, -0.2) is 14.0 Å². The van der Waals surface area contributed by atoms with E-state index in [0.29, 0.717) is 24.5 Å². The maximum Gasteiger partial charge on any atom is 0.431 e. The number of benzene rings is 2. The molecule has 2 aromatic rings. The summed E-state index contributed by atoms with van der Waals surface area (Å²) in [4.78, 5) is 25.8. The van der Waals surface area contributed by atoms with Crippen LogP contribution < -0.4 is 10.1 Å². The van der Waals surface area contributed by atoms with Crippen molar-refractivity contribution in [2.45, 2.75) is 31.7 Å². The van der Waals surface area contributed by atoms with Crippen molar-refractivity contribution in [3.63, 3.8) is 0 Å². The molecule has 0 spiro atoms. The smallest absolute Gasteiger partial charge is 0.431 e. The van der Waals surface area contributed by atoms with Gasteiger partial charge in [-0.15, -0.1) is 0 Å². The summed E-state index contributed by atoms with van der Waals surface area (Å²) in [7, 11) is 0.917. The standard InChI is InChI=1S/C26H23F4NO6/c1-14-20(25(33)37-11-15-6-8-18(9-7-15)35-12-19-13-36-19)21(16-4-3-5-17(27)10-16)22(24(32)34-2)23(31-14)26(28,29)30/h3-10,19,21,31H,11-13H2,1-2H3. The number of ether oxygens (including phenoxy) is 4. The second-order valence-corrected chi connectivity index (χ2v) is 8.42. The van der Waals surface area contributed by atoms with E-state index in [1.54, 1.807) is 24.3 Å². The van der Waals surface area contributed by atoms with E-state index in [4.69, 9.17) is 14.2 Å². The summed E-state index contributed by atoms with van der Waals surface area (Å²) in [6.45, 7) is 2.12. The molecule has 0 bridgehead atoms. The lowest BCUT2D eigenvalue weighted by atomic mass is 9.80. The van der Waals surface area contributed by atoms with Crippen LogP contribution in [0.5, 0.6) is 5.75 Å². The quantitative estimate of drug-likeness (QED) is 0.315. The Morgan fingerprint density at radius 2 is 1.78 bits per heavy atom. The van der Waals surface area contributed by atoms with Crippen LogP contribution in [-0.4, -0.2) is 44.5 Å². The van der Waals surface area contributed by atoms with E-state index in [-0.39, 0.29) is 29.5 Å². The average Bonchev–Trinajstić information content (AvgIpc) is 3.69. The minimum absolute atomic E-state index is 0.0453. The third kappa shape index (κ3) is 6.11. The summed E-state index contributed by atoms with van der Waals surface area (Å²) in [5, 5.41) is 2.11. The molecule has 4 rings (SSSR count). The summed E-state index contributed by atoms with van der Waals surface area (Å²) >= 11 is 0. The van der Waals surface area contributed by atoms with Crippen molar-refractivity contribution in [2.75, 3.05) is 20.3 Å². The molecule has 0 radical (unpaired) electrons. The van der Waals surface area contributed by atoms with Crippen molar-refractivity contribution in [3.8, 4) is 5.75 Å². The molecule has 0 aromatic heterocycles. The van der Waals surface area contributed by atoms with Crippen LogP contribution in [0.1, 0.15) is 24.0 Å². The number of epoxide rings is 1. The molecular formula is C26H23F4NO6. The van der Waals surface area contributed by atoms with Gasteiger partial charge in [0.25, 0.3) is 0 Å². The molecule has 11 heteroatoms. The Balaban J connectivity index is 1.62. The summed E-state index contributed by atoms with van der Waals surface area (Å²) in [6, 6.07) is 11.3. The third-order valence-corrected chi connectivity index (χ3v) is 5.79. The van der Waals surface area contributed by atoms with Gasteiger partial charge in [-0.1, -0.05) is 24.3 Å². The lowest BCUT2D eigenvalue weighted by Crippen LogP contribution is -2.38. The van der Waals surface area contributed by atoms with Crippen LogP contribution >= 0.6 is 0 Å². The van der Waals surface area contributed by atoms with Crippen LogP contribution in [0.4, 0.5) is 17.6 Å². The zero-order valence-corrected chi connectivity index (χ0v) is 19.9. The summed E-state index contributed by atoms with van der Waals surface area (Å²) in [5.41, 5.74) is -2.19. The topological polar surface area (TPSA) is 86.4 Å². The van der Waals surface area contributed by atoms with E-state index in [2.05, 4.69) is 10.1 Å². The molecule has 0 amide bonds. The van der Waals surface area contributed by atoms with Crippen LogP contribution in [0.3, 0.4) is 0 Å². The molecule has 2 aliphatic rings. The largest absolute Gasteiger partial charge is 0.491 e. The molecule has 1 saturated heterocycles. The Morgan fingerprint density at radius 1 is 1.08 bits per heavy atom. The number of rotatable bonds is 8. The van der Waals surface area contributed by atoms with E-state index in [1.165, 1.54) is 19.1 Å². The first kappa shape index (κ1) is 26.2. The summed E-state index contributed by atoms with van der Waals surface area (Å²) < 4.78 is 76.4. The summed E-state index contributed by atoms with van der Waals surface area (Å²) in [6.07, 6.45) is -4.89. The number of carbonyl (C=O) groups is 2. The van der Waals surface area contributed by atoms with Gasteiger partial charge in [0.2, 0.25) is 0 Å². The molecule has 1 fully saturated rings. The molecule has 196 valence electrons. The van der Waals surface area contributed by atoms with Gasteiger partial charge in [0.05, 0.1) is 30.8 Å². The maximum absolute atomic E-state index is 14.1. The van der Waals surface area contributed by atoms with E-state index in [9.17, 15) is 27.2 Å². The molecular weight excluding hydrogens is 498 g/mol. The molecule has 0 aliphatic carbocycles. The van der Waals surface area contributed by atoms with Gasteiger partial charge in [0.15, 0.2) is 0 Å². The predicted molar refractivity (Wildman–Crippen MR) is 122 cm³/mol. The van der Waals surface area contributed by atoms with Crippen molar-refractivity contribution < 1.29 is 46.1 Å².